The van der Waals surface area contributed by atoms with Crippen molar-refractivity contribution < 1.29 is 9.13 Å². The maximum atomic E-state index is 12.7. The van der Waals surface area contributed by atoms with E-state index < -0.39 is 0 Å². The summed E-state index contributed by atoms with van der Waals surface area (Å²) in [4.78, 5) is 0. The molecule has 2 N–H and O–H groups in total. The van der Waals surface area contributed by atoms with E-state index in [9.17, 15) is 4.39 Å². The predicted octanol–water partition coefficient (Wildman–Crippen LogP) is 2.16. The second-order valence-electron chi connectivity index (χ2n) is 3.93. The van der Waals surface area contributed by atoms with Crippen molar-refractivity contribution in [1.82, 2.24) is 9.78 Å². The van der Waals surface area contributed by atoms with Gasteiger partial charge in [0, 0.05) is 6.04 Å². The Hall–Kier alpha value is -1.88. The molecule has 4 nitrogen and oxygen atoms in total. The quantitative estimate of drug-likeness (QED) is 0.883. The van der Waals surface area contributed by atoms with Crippen LogP contribution < -0.4 is 10.5 Å². The molecule has 0 radical (unpaired) electrons. The van der Waals surface area contributed by atoms with E-state index in [0.29, 0.717) is 18.0 Å². The Morgan fingerprint density at radius 1 is 1.35 bits per heavy atom. The number of nitrogens with zero attached hydrogens (tertiary/aromatic N) is 2. The van der Waals surface area contributed by atoms with Crippen LogP contribution >= 0.6 is 0 Å². The molecule has 5 heteroatoms. The van der Waals surface area contributed by atoms with Gasteiger partial charge in [0.05, 0.1) is 18.9 Å². The van der Waals surface area contributed by atoms with E-state index in [0.717, 1.165) is 0 Å². The van der Waals surface area contributed by atoms with Gasteiger partial charge in [-0.05, 0) is 31.2 Å². The van der Waals surface area contributed by atoms with Crippen LogP contribution in [0.5, 0.6) is 11.5 Å². The van der Waals surface area contributed by atoms with E-state index in [-0.39, 0.29) is 11.9 Å². The fourth-order valence-electron chi connectivity index (χ4n) is 1.43. The molecule has 0 saturated heterocycles. The van der Waals surface area contributed by atoms with E-state index >= 15 is 0 Å². The minimum atomic E-state index is -0.287. The summed E-state index contributed by atoms with van der Waals surface area (Å²) in [6.45, 7) is 2.54. The van der Waals surface area contributed by atoms with Gasteiger partial charge in [-0.1, -0.05) is 0 Å². The third kappa shape index (κ3) is 3.29. The maximum Gasteiger partial charge on any atom is 0.165 e. The zero-order valence-electron chi connectivity index (χ0n) is 9.51. The molecular weight excluding hydrogens is 221 g/mol. The van der Waals surface area contributed by atoms with Gasteiger partial charge in [0.25, 0.3) is 0 Å². The highest BCUT2D eigenvalue weighted by Crippen LogP contribution is 2.20. The van der Waals surface area contributed by atoms with Crippen molar-refractivity contribution in [3.8, 4) is 11.5 Å². The van der Waals surface area contributed by atoms with Crippen LogP contribution in [0.1, 0.15) is 6.92 Å². The van der Waals surface area contributed by atoms with Crippen LogP contribution in [0.2, 0.25) is 0 Å². The molecule has 1 aromatic carbocycles. The number of nitrogens with two attached hydrogens (primary N) is 1. The highest BCUT2D eigenvalue weighted by molar-refractivity contribution is 5.28. The molecule has 0 amide bonds. The minimum Gasteiger partial charge on any atom is -0.454 e. The van der Waals surface area contributed by atoms with Crippen LogP contribution in [0.4, 0.5) is 4.39 Å². The standard InChI is InChI=1S/C12H14FN3O/c1-9(14)7-16-8-12(6-15-16)17-11-4-2-10(13)3-5-11/h2-6,8-9H,7,14H2,1H3. The molecule has 17 heavy (non-hydrogen) atoms. The van der Waals surface area contributed by atoms with Crippen LogP contribution in [-0.4, -0.2) is 15.8 Å². The lowest BCUT2D eigenvalue weighted by Gasteiger charge is -2.04. The van der Waals surface area contributed by atoms with Gasteiger partial charge in [0.1, 0.15) is 11.6 Å². The van der Waals surface area contributed by atoms with Crippen molar-refractivity contribution >= 4 is 0 Å². The van der Waals surface area contributed by atoms with E-state index in [2.05, 4.69) is 5.10 Å². The first-order chi connectivity index (χ1) is 8.13. The molecule has 0 aliphatic heterocycles. The first kappa shape index (κ1) is 11.6. The van der Waals surface area contributed by atoms with E-state index in [4.69, 9.17) is 10.5 Å². The molecule has 1 atom stereocenters. The monoisotopic (exact) mass is 235 g/mol. The van der Waals surface area contributed by atoms with Crippen LogP contribution in [0, 0.1) is 5.82 Å². The lowest BCUT2D eigenvalue weighted by atomic mass is 10.3. The molecule has 0 saturated carbocycles. The Morgan fingerprint density at radius 3 is 2.71 bits per heavy atom. The first-order valence-corrected chi connectivity index (χ1v) is 5.35. The van der Waals surface area contributed by atoms with Gasteiger partial charge in [-0.2, -0.15) is 5.10 Å². The largest absolute Gasteiger partial charge is 0.454 e. The van der Waals surface area contributed by atoms with Crippen molar-refractivity contribution in [3.05, 3.63) is 42.5 Å². The summed E-state index contributed by atoms with van der Waals surface area (Å²) < 4.78 is 19.9. The molecule has 90 valence electrons. The zero-order chi connectivity index (χ0) is 12.3. The molecule has 0 spiro atoms. The van der Waals surface area contributed by atoms with Gasteiger partial charge in [0.15, 0.2) is 5.75 Å². The van der Waals surface area contributed by atoms with Crippen LogP contribution in [0.15, 0.2) is 36.7 Å². The Balaban J connectivity index is 2.03. The summed E-state index contributed by atoms with van der Waals surface area (Å²) in [5, 5.41) is 4.11. The van der Waals surface area contributed by atoms with E-state index in [1.807, 2.05) is 6.92 Å². The number of hydrogen-bond donors (Lipinski definition) is 1. The number of rotatable bonds is 4. The number of ether oxygens (including phenoxy) is 1. The number of hydrogen-bond acceptors (Lipinski definition) is 3. The molecule has 2 rings (SSSR count). The summed E-state index contributed by atoms with van der Waals surface area (Å²) in [5.41, 5.74) is 5.66. The second-order valence-corrected chi connectivity index (χ2v) is 3.93. The molecule has 0 bridgehead atoms. The normalized spacial score (nSPS) is 12.4. The smallest absolute Gasteiger partial charge is 0.165 e. The predicted molar refractivity (Wildman–Crippen MR) is 62.4 cm³/mol. The molecule has 1 heterocycles. The molecule has 0 aliphatic carbocycles. The number of aromatic nitrogens is 2. The summed E-state index contributed by atoms with van der Waals surface area (Å²) >= 11 is 0. The Morgan fingerprint density at radius 2 is 2.06 bits per heavy atom. The van der Waals surface area contributed by atoms with Gasteiger partial charge >= 0.3 is 0 Å². The Bertz CT molecular complexity index is 479. The third-order valence-electron chi connectivity index (χ3n) is 2.13. The zero-order valence-corrected chi connectivity index (χ0v) is 9.51. The van der Waals surface area contributed by atoms with Crippen LogP contribution in [0.25, 0.3) is 0 Å². The topological polar surface area (TPSA) is 53.1 Å². The SMILES string of the molecule is CC(N)Cn1cc(Oc2ccc(F)cc2)cn1. The van der Waals surface area contributed by atoms with E-state index in [1.165, 1.54) is 12.1 Å². The summed E-state index contributed by atoms with van der Waals surface area (Å²) in [5.74, 6) is 0.897. The highest BCUT2D eigenvalue weighted by Gasteiger charge is 2.03. The molecule has 0 aliphatic rings. The van der Waals surface area contributed by atoms with Crippen molar-refractivity contribution in [3.63, 3.8) is 0 Å². The summed E-state index contributed by atoms with van der Waals surface area (Å²) in [6.07, 6.45) is 3.36. The van der Waals surface area contributed by atoms with Crippen LogP contribution in [-0.2, 0) is 6.54 Å². The Labute approximate surface area is 98.8 Å². The fraction of sp³-hybridized carbons (Fsp3) is 0.250. The van der Waals surface area contributed by atoms with Crippen molar-refractivity contribution in [2.24, 2.45) is 5.73 Å². The second kappa shape index (κ2) is 4.97. The molecule has 1 aromatic heterocycles. The van der Waals surface area contributed by atoms with Gasteiger partial charge in [0.2, 0.25) is 0 Å². The van der Waals surface area contributed by atoms with Crippen molar-refractivity contribution in [2.75, 3.05) is 0 Å². The van der Waals surface area contributed by atoms with Gasteiger partial charge in [-0.15, -0.1) is 0 Å². The lowest BCUT2D eigenvalue weighted by molar-refractivity contribution is 0.477. The lowest BCUT2D eigenvalue weighted by Crippen LogP contribution is -2.22. The van der Waals surface area contributed by atoms with Gasteiger partial charge in [-0.25, -0.2) is 4.39 Å². The third-order valence-corrected chi connectivity index (χ3v) is 2.13. The molecule has 2 aromatic rings. The number of halogens is 1. The minimum absolute atomic E-state index is 0.0357. The molecule has 1 unspecified atom stereocenters. The average Bonchev–Trinajstić information content (AvgIpc) is 2.68. The van der Waals surface area contributed by atoms with E-state index in [1.54, 1.807) is 29.2 Å². The van der Waals surface area contributed by atoms with Gasteiger partial charge < -0.3 is 10.5 Å². The van der Waals surface area contributed by atoms with Crippen molar-refractivity contribution in [1.29, 1.82) is 0 Å². The Kier molecular flexibility index (Phi) is 3.39. The van der Waals surface area contributed by atoms with Gasteiger partial charge in [-0.3, -0.25) is 4.68 Å². The average molecular weight is 235 g/mol. The fourth-order valence-corrected chi connectivity index (χ4v) is 1.43. The number of benzene rings is 1. The van der Waals surface area contributed by atoms with Crippen LogP contribution in [0.3, 0.4) is 0 Å². The maximum absolute atomic E-state index is 12.7. The summed E-state index contributed by atoms with van der Waals surface area (Å²) in [7, 11) is 0. The highest BCUT2D eigenvalue weighted by atomic mass is 19.1. The van der Waals surface area contributed by atoms with Crippen molar-refractivity contribution in [2.45, 2.75) is 19.5 Å². The molecular formula is C12H14FN3O. The molecule has 0 fully saturated rings. The first-order valence-electron chi connectivity index (χ1n) is 5.35. The summed E-state index contributed by atoms with van der Waals surface area (Å²) in [6, 6.07) is 5.87.